The van der Waals surface area contributed by atoms with Crippen LogP contribution in [0.4, 0.5) is 0 Å². The van der Waals surface area contributed by atoms with Gasteiger partial charge in [0.2, 0.25) is 0 Å². The molecule has 0 radical (unpaired) electrons. The molecule has 2 fully saturated rings. The maximum absolute atomic E-state index is 10.7. The summed E-state index contributed by atoms with van der Waals surface area (Å²) in [5, 5.41) is 8.82. The maximum atomic E-state index is 10.7. The Morgan fingerprint density at radius 1 is 1.50 bits per heavy atom. The SMILES string of the molecule is CC1(C)C2CCC1[C@@H](C[C@H](N)C(=O)O)C2.Cl. The van der Waals surface area contributed by atoms with E-state index in [1.807, 2.05) is 0 Å². The first-order valence-corrected chi connectivity index (χ1v) is 5.91. The minimum atomic E-state index is -0.851. The zero-order chi connectivity index (χ0) is 11.2. The second kappa shape index (κ2) is 4.53. The van der Waals surface area contributed by atoms with Crippen LogP contribution in [-0.2, 0) is 4.79 Å². The number of hydrogen-bond acceptors (Lipinski definition) is 2. The summed E-state index contributed by atoms with van der Waals surface area (Å²) in [4.78, 5) is 10.7. The van der Waals surface area contributed by atoms with Gasteiger partial charge in [-0.3, -0.25) is 4.79 Å². The van der Waals surface area contributed by atoms with Gasteiger partial charge in [0, 0.05) is 0 Å². The molecule has 2 bridgehead atoms. The van der Waals surface area contributed by atoms with Crippen molar-refractivity contribution in [3.8, 4) is 0 Å². The molecule has 0 aromatic carbocycles. The summed E-state index contributed by atoms with van der Waals surface area (Å²) in [7, 11) is 0. The fourth-order valence-corrected chi connectivity index (χ4v) is 3.91. The molecule has 0 amide bonds. The van der Waals surface area contributed by atoms with E-state index in [0.717, 1.165) is 5.92 Å². The van der Waals surface area contributed by atoms with Crippen molar-refractivity contribution in [1.82, 2.24) is 0 Å². The molecule has 0 spiro atoms. The minimum absolute atomic E-state index is 0. The molecule has 4 atom stereocenters. The van der Waals surface area contributed by atoms with Gasteiger partial charge in [-0.1, -0.05) is 13.8 Å². The zero-order valence-corrected chi connectivity index (χ0v) is 10.8. The normalized spacial score (nSPS) is 36.8. The highest BCUT2D eigenvalue weighted by Crippen LogP contribution is 2.61. The van der Waals surface area contributed by atoms with Gasteiger partial charge in [-0.15, -0.1) is 12.4 Å². The van der Waals surface area contributed by atoms with Crippen molar-refractivity contribution >= 4 is 18.4 Å². The highest BCUT2D eigenvalue weighted by Gasteiger charge is 2.53. The second-order valence-corrected chi connectivity index (χ2v) is 5.88. The third-order valence-electron chi connectivity index (χ3n) is 4.86. The van der Waals surface area contributed by atoms with Gasteiger partial charge in [0.15, 0.2) is 0 Å². The van der Waals surface area contributed by atoms with Gasteiger partial charge in [-0.25, -0.2) is 0 Å². The molecule has 2 unspecified atom stereocenters. The molecule has 4 heteroatoms. The van der Waals surface area contributed by atoms with E-state index in [1.165, 1.54) is 19.3 Å². The van der Waals surface area contributed by atoms with Gasteiger partial charge < -0.3 is 10.8 Å². The van der Waals surface area contributed by atoms with Crippen LogP contribution < -0.4 is 5.73 Å². The molecular weight excluding hydrogens is 226 g/mol. The van der Waals surface area contributed by atoms with Crippen LogP contribution in [0.15, 0.2) is 0 Å². The van der Waals surface area contributed by atoms with Crippen molar-refractivity contribution in [3.63, 3.8) is 0 Å². The number of hydrogen-bond donors (Lipinski definition) is 2. The third-order valence-corrected chi connectivity index (χ3v) is 4.86. The Morgan fingerprint density at radius 3 is 2.50 bits per heavy atom. The first-order valence-electron chi connectivity index (χ1n) is 5.91. The van der Waals surface area contributed by atoms with Crippen LogP contribution in [-0.4, -0.2) is 17.1 Å². The molecular formula is C12H22ClNO2. The van der Waals surface area contributed by atoms with Crippen LogP contribution >= 0.6 is 12.4 Å². The van der Waals surface area contributed by atoms with Gasteiger partial charge in [-0.05, 0) is 48.9 Å². The smallest absolute Gasteiger partial charge is 0.320 e. The van der Waals surface area contributed by atoms with Crippen molar-refractivity contribution in [2.45, 2.75) is 45.6 Å². The first-order chi connectivity index (χ1) is 6.93. The largest absolute Gasteiger partial charge is 0.480 e. The summed E-state index contributed by atoms with van der Waals surface area (Å²) in [5.74, 6) is 1.20. The Morgan fingerprint density at radius 2 is 2.12 bits per heavy atom. The van der Waals surface area contributed by atoms with Crippen molar-refractivity contribution in [3.05, 3.63) is 0 Å². The van der Waals surface area contributed by atoms with Gasteiger partial charge in [-0.2, -0.15) is 0 Å². The number of rotatable bonds is 3. The van der Waals surface area contributed by atoms with Crippen LogP contribution in [0, 0.1) is 23.2 Å². The average Bonchev–Trinajstić information content (AvgIpc) is 2.54. The van der Waals surface area contributed by atoms with E-state index >= 15 is 0 Å². The number of carbonyl (C=O) groups is 1. The minimum Gasteiger partial charge on any atom is -0.480 e. The number of halogens is 1. The van der Waals surface area contributed by atoms with E-state index in [2.05, 4.69) is 13.8 Å². The molecule has 2 aliphatic carbocycles. The molecule has 2 aliphatic rings. The first kappa shape index (κ1) is 13.8. The molecule has 2 saturated carbocycles. The molecule has 0 aliphatic heterocycles. The summed E-state index contributed by atoms with van der Waals surface area (Å²) < 4.78 is 0. The molecule has 0 saturated heterocycles. The van der Waals surface area contributed by atoms with Gasteiger partial charge in [0.1, 0.15) is 6.04 Å². The topological polar surface area (TPSA) is 63.3 Å². The predicted octanol–water partition coefficient (Wildman–Crippen LogP) is 2.28. The summed E-state index contributed by atoms with van der Waals surface area (Å²) in [6.07, 6.45) is 4.46. The summed E-state index contributed by atoms with van der Waals surface area (Å²) in [6.45, 7) is 4.67. The van der Waals surface area contributed by atoms with Crippen LogP contribution in [0.25, 0.3) is 0 Å². The van der Waals surface area contributed by atoms with Crippen LogP contribution in [0.1, 0.15) is 39.5 Å². The van der Waals surface area contributed by atoms with E-state index in [1.54, 1.807) is 0 Å². The van der Waals surface area contributed by atoms with Crippen LogP contribution in [0.3, 0.4) is 0 Å². The van der Waals surface area contributed by atoms with E-state index in [0.29, 0.717) is 23.7 Å². The van der Waals surface area contributed by atoms with Crippen LogP contribution in [0.2, 0.25) is 0 Å². The summed E-state index contributed by atoms with van der Waals surface area (Å²) in [6, 6.07) is -0.662. The average molecular weight is 248 g/mol. The molecule has 2 rings (SSSR count). The lowest BCUT2D eigenvalue weighted by molar-refractivity contribution is -0.139. The standard InChI is InChI=1S/C12H21NO2.ClH/c1-12(2)8-3-4-9(12)7(5-8)6-10(13)11(14)15;/h7-10H,3-6,13H2,1-2H3,(H,14,15);1H/t7-,8?,9?,10+;/m1./s1. The van der Waals surface area contributed by atoms with Gasteiger partial charge in [0.25, 0.3) is 0 Å². The lowest BCUT2D eigenvalue weighted by atomic mass is 9.78. The van der Waals surface area contributed by atoms with Gasteiger partial charge >= 0.3 is 5.97 Å². The molecule has 3 nitrogen and oxygen atoms in total. The molecule has 94 valence electrons. The quantitative estimate of drug-likeness (QED) is 0.804. The zero-order valence-electron chi connectivity index (χ0n) is 9.98. The molecule has 16 heavy (non-hydrogen) atoms. The fourth-order valence-electron chi connectivity index (χ4n) is 3.91. The van der Waals surface area contributed by atoms with E-state index < -0.39 is 12.0 Å². The Labute approximate surface area is 103 Å². The predicted molar refractivity (Wildman–Crippen MR) is 65.6 cm³/mol. The molecule has 0 heterocycles. The molecule has 0 aromatic rings. The van der Waals surface area contributed by atoms with Crippen molar-refractivity contribution < 1.29 is 9.90 Å². The number of carboxylic acid groups (broad SMARTS) is 1. The molecule has 0 aromatic heterocycles. The Hall–Kier alpha value is -0.280. The Bertz CT molecular complexity index is 280. The van der Waals surface area contributed by atoms with E-state index in [4.69, 9.17) is 10.8 Å². The monoisotopic (exact) mass is 247 g/mol. The number of aliphatic carboxylic acids is 1. The maximum Gasteiger partial charge on any atom is 0.320 e. The third kappa shape index (κ3) is 2.07. The Kier molecular flexibility index (Phi) is 3.91. The fraction of sp³-hybridized carbons (Fsp3) is 0.917. The van der Waals surface area contributed by atoms with Gasteiger partial charge in [0.05, 0.1) is 0 Å². The Balaban J connectivity index is 0.00000128. The van der Waals surface area contributed by atoms with E-state index in [-0.39, 0.29) is 12.4 Å². The highest BCUT2D eigenvalue weighted by atomic mass is 35.5. The highest BCUT2D eigenvalue weighted by molar-refractivity contribution is 5.85. The summed E-state index contributed by atoms with van der Waals surface area (Å²) >= 11 is 0. The van der Waals surface area contributed by atoms with Crippen molar-refractivity contribution in [1.29, 1.82) is 0 Å². The second-order valence-electron chi connectivity index (χ2n) is 5.88. The van der Waals surface area contributed by atoms with E-state index in [9.17, 15) is 4.79 Å². The summed E-state index contributed by atoms with van der Waals surface area (Å²) in [5.41, 5.74) is 6.04. The van der Waals surface area contributed by atoms with Crippen molar-refractivity contribution in [2.75, 3.05) is 0 Å². The number of nitrogens with two attached hydrogens (primary N) is 1. The lowest BCUT2D eigenvalue weighted by Crippen LogP contribution is -2.34. The molecule has 3 N–H and O–H groups in total. The van der Waals surface area contributed by atoms with Crippen molar-refractivity contribution in [2.24, 2.45) is 28.9 Å². The lowest BCUT2D eigenvalue weighted by Gasteiger charge is -2.27. The number of carboxylic acids is 1. The number of fused-ring (bicyclic) bond motifs is 2. The van der Waals surface area contributed by atoms with Crippen LogP contribution in [0.5, 0.6) is 0 Å².